The second-order valence-corrected chi connectivity index (χ2v) is 5.88. The van der Waals surface area contributed by atoms with E-state index in [1.807, 2.05) is 0 Å². The number of ether oxygens (including phenoxy) is 2. The Hall–Kier alpha value is -0.700. The van der Waals surface area contributed by atoms with Crippen LogP contribution in [-0.4, -0.2) is 18.0 Å². The fraction of sp³-hybridized carbons (Fsp3) is 0.867. The summed E-state index contributed by atoms with van der Waals surface area (Å²) >= 11 is 0. The monoisotopic (exact) mass is 256 g/mol. The number of hydrogen-bond donors (Lipinski definition) is 1. The SMILES string of the molecule is CCCC(CC(C)CC(C)C)C1OC=C(CO)O1. The lowest BCUT2D eigenvalue weighted by molar-refractivity contribution is -0.0864. The van der Waals surface area contributed by atoms with E-state index in [9.17, 15) is 0 Å². The second-order valence-electron chi connectivity index (χ2n) is 5.88. The maximum Gasteiger partial charge on any atom is 0.243 e. The molecule has 106 valence electrons. The number of hydrogen-bond acceptors (Lipinski definition) is 3. The molecular formula is C15H28O3. The van der Waals surface area contributed by atoms with Gasteiger partial charge >= 0.3 is 0 Å². The molecule has 0 amide bonds. The zero-order chi connectivity index (χ0) is 13.5. The van der Waals surface area contributed by atoms with Gasteiger partial charge in [-0.15, -0.1) is 0 Å². The maximum atomic E-state index is 9.02. The molecule has 1 rings (SSSR count). The molecule has 0 aromatic rings. The first-order chi connectivity index (χ1) is 8.56. The molecule has 0 aliphatic carbocycles. The van der Waals surface area contributed by atoms with Gasteiger partial charge in [-0.2, -0.15) is 0 Å². The Morgan fingerprint density at radius 3 is 2.50 bits per heavy atom. The summed E-state index contributed by atoms with van der Waals surface area (Å²) in [5.41, 5.74) is 0. The van der Waals surface area contributed by atoms with Gasteiger partial charge in [0.25, 0.3) is 0 Å². The normalized spacial score (nSPS) is 22.3. The first-order valence-corrected chi connectivity index (χ1v) is 7.18. The molecule has 0 saturated heterocycles. The van der Waals surface area contributed by atoms with Crippen LogP contribution in [0, 0.1) is 17.8 Å². The second kappa shape index (κ2) is 7.67. The topological polar surface area (TPSA) is 38.7 Å². The third-order valence-corrected chi connectivity index (χ3v) is 3.38. The molecule has 3 nitrogen and oxygen atoms in total. The quantitative estimate of drug-likeness (QED) is 0.720. The van der Waals surface area contributed by atoms with Crippen LogP contribution in [0.3, 0.4) is 0 Å². The molecule has 1 N–H and O–H groups in total. The highest BCUT2D eigenvalue weighted by Gasteiger charge is 2.29. The summed E-state index contributed by atoms with van der Waals surface area (Å²) in [6, 6.07) is 0. The molecule has 0 fully saturated rings. The fourth-order valence-electron chi connectivity index (χ4n) is 2.78. The van der Waals surface area contributed by atoms with Gasteiger partial charge in [-0.05, 0) is 31.1 Å². The Bertz CT molecular complexity index is 260. The Morgan fingerprint density at radius 2 is 2.00 bits per heavy atom. The Balaban J connectivity index is 2.45. The maximum absolute atomic E-state index is 9.02. The van der Waals surface area contributed by atoms with Crippen molar-refractivity contribution in [2.75, 3.05) is 6.61 Å². The van der Waals surface area contributed by atoms with Gasteiger partial charge in [0.05, 0.1) is 0 Å². The summed E-state index contributed by atoms with van der Waals surface area (Å²) in [6.45, 7) is 8.95. The van der Waals surface area contributed by atoms with Crippen LogP contribution in [0.4, 0.5) is 0 Å². The molecular weight excluding hydrogens is 228 g/mol. The van der Waals surface area contributed by atoms with Crippen molar-refractivity contribution in [2.45, 2.75) is 59.7 Å². The third kappa shape index (κ3) is 4.89. The Labute approximate surface area is 111 Å². The van der Waals surface area contributed by atoms with E-state index in [1.54, 1.807) is 6.26 Å². The molecule has 0 aromatic carbocycles. The molecule has 0 radical (unpaired) electrons. The first-order valence-electron chi connectivity index (χ1n) is 7.18. The smallest absolute Gasteiger partial charge is 0.243 e. The van der Waals surface area contributed by atoms with Crippen molar-refractivity contribution in [1.82, 2.24) is 0 Å². The van der Waals surface area contributed by atoms with Gasteiger partial charge in [0, 0.05) is 5.92 Å². The summed E-state index contributed by atoms with van der Waals surface area (Å²) < 4.78 is 11.2. The minimum atomic E-state index is -0.193. The minimum absolute atomic E-state index is 0.0725. The molecule has 1 aliphatic rings. The Morgan fingerprint density at radius 1 is 1.28 bits per heavy atom. The largest absolute Gasteiger partial charge is 0.459 e. The van der Waals surface area contributed by atoms with E-state index in [0.717, 1.165) is 25.2 Å². The van der Waals surface area contributed by atoms with Crippen molar-refractivity contribution in [3.8, 4) is 0 Å². The molecule has 0 aromatic heterocycles. The predicted molar refractivity (Wildman–Crippen MR) is 72.8 cm³/mol. The van der Waals surface area contributed by atoms with Gasteiger partial charge in [0.2, 0.25) is 6.29 Å². The van der Waals surface area contributed by atoms with E-state index in [1.165, 1.54) is 6.42 Å². The van der Waals surface area contributed by atoms with Gasteiger partial charge in [-0.25, -0.2) is 0 Å². The van der Waals surface area contributed by atoms with Gasteiger partial charge in [0.15, 0.2) is 5.76 Å². The zero-order valence-electron chi connectivity index (χ0n) is 12.2. The van der Waals surface area contributed by atoms with Crippen LogP contribution in [0.2, 0.25) is 0 Å². The van der Waals surface area contributed by atoms with Gasteiger partial charge < -0.3 is 14.6 Å². The molecule has 0 saturated carbocycles. The molecule has 0 spiro atoms. The molecule has 18 heavy (non-hydrogen) atoms. The van der Waals surface area contributed by atoms with Crippen molar-refractivity contribution in [2.24, 2.45) is 17.8 Å². The lowest BCUT2D eigenvalue weighted by atomic mass is 9.87. The summed E-state index contributed by atoms with van der Waals surface area (Å²) in [5.74, 6) is 2.40. The van der Waals surface area contributed by atoms with Crippen LogP contribution in [0.5, 0.6) is 0 Å². The summed E-state index contributed by atoms with van der Waals surface area (Å²) in [7, 11) is 0. The minimum Gasteiger partial charge on any atom is -0.459 e. The van der Waals surface area contributed by atoms with Crippen molar-refractivity contribution in [3.05, 3.63) is 12.0 Å². The van der Waals surface area contributed by atoms with Crippen molar-refractivity contribution >= 4 is 0 Å². The van der Waals surface area contributed by atoms with Gasteiger partial charge in [-0.1, -0.05) is 34.1 Å². The van der Waals surface area contributed by atoms with Crippen LogP contribution in [0.15, 0.2) is 12.0 Å². The summed E-state index contributed by atoms with van der Waals surface area (Å²) in [4.78, 5) is 0. The zero-order valence-corrected chi connectivity index (χ0v) is 12.2. The molecule has 1 aliphatic heterocycles. The average molecular weight is 256 g/mol. The van der Waals surface area contributed by atoms with Crippen LogP contribution in [0.25, 0.3) is 0 Å². The number of rotatable bonds is 8. The van der Waals surface area contributed by atoms with Crippen LogP contribution >= 0.6 is 0 Å². The lowest BCUT2D eigenvalue weighted by Crippen LogP contribution is -2.24. The number of aliphatic hydroxyl groups is 1. The molecule has 3 heteroatoms. The predicted octanol–water partition coefficient (Wildman–Crippen LogP) is 3.68. The number of aliphatic hydroxyl groups excluding tert-OH is 1. The van der Waals surface area contributed by atoms with Crippen molar-refractivity contribution in [3.63, 3.8) is 0 Å². The van der Waals surface area contributed by atoms with Crippen molar-refractivity contribution in [1.29, 1.82) is 0 Å². The van der Waals surface area contributed by atoms with Crippen LogP contribution < -0.4 is 0 Å². The highest BCUT2D eigenvalue weighted by molar-refractivity contribution is 4.93. The summed E-state index contributed by atoms with van der Waals surface area (Å²) in [5, 5.41) is 9.02. The molecule has 3 unspecified atom stereocenters. The van der Waals surface area contributed by atoms with E-state index in [2.05, 4.69) is 27.7 Å². The standard InChI is InChI=1S/C15H28O3/c1-5-6-13(8-12(4)7-11(2)3)15-17-10-14(9-16)18-15/h10-13,15-16H,5-9H2,1-4H3. The lowest BCUT2D eigenvalue weighted by Gasteiger charge is -2.26. The Kier molecular flexibility index (Phi) is 6.55. The molecule has 0 bridgehead atoms. The van der Waals surface area contributed by atoms with E-state index < -0.39 is 0 Å². The highest BCUT2D eigenvalue weighted by Crippen LogP contribution is 2.30. The van der Waals surface area contributed by atoms with Crippen molar-refractivity contribution < 1.29 is 14.6 Å². The first kappa shape index (κ1) is 15.4. The van der Waals surface area contributed by atoms with Gasteiger partial charge in [-0.3, -0.25) is 0 Å². The van der Waals surface area contributed by atoms with Crippen LogP contribution in [-0.2, 0) is 9.47 Å². The third-order valence-electron chi connectivity index (χ3n) is 3.38. The van der Waals surface area contributed by atoms with E-state index in [0.29, 0.717) is 17.6 Å². The molecule has 1 heterocycles. The van der Waals surface area contributed by atoms with E-state index in [4.69, 9.17) is 14.6 Å². The molecule has 3 atom stereocenters. The fourth-order valence-corrected chi connectivity index (χ4v) is 2.78. The van der Waals surface area contributed by atoms with E-state index >= 15 is 0 Å². The average Bonchev–Trinajstić information content (AvgIpc) is 2.75. The summed E-state index contributed by atoms with van der Waals surface area (Å²) in [6.07, 6.45) is 5.98. The van der Waals surface area contributed by atoms with Crippen LogP contribution in [0.1, 0.15) is 53.4 Å². The van der Waals surface area contributed by atoms with E-state index in [-0.39, 0.29) is 12.9 Å². The highest BCUT2D eigenvalue weighted by atomic mass is 16.7. The van der Waals surface area contributed by atoms with Gasteiger partial charge in [0.1, 0.15) is 12.9 Å².